The third kappa shape index (κ3) is 6.12. The largest absolute Gasteiger partial charge is 0.497 e. The summed E-state index contributed by atoms with van der Waals surface area (Å²) in [6.45, 7) is 6.09. The molecule has 5 rings (SSSR count). The highest BCUT2D eigenvalue weighted by molar-refractivity contribution is 7.07. The van der Waals surface area contributed by atoms with Crippen LogP contribution in [0.5, 0.6) is 23.0 Å². The predicted octanol–water partition coefficient (Wildman–Crippen LogP) is 4.71. The molecule has 10 heteroatoms. The van der Waals surface area contributed by atoms with Crippen LogP contribution in [-0.4, -0.2) is 38.5 Å². The zero-order chi connectivity index (χ0) is 31.4. The van der Waals surface area contributed by atoms with Gasteiger partial charge in [0, 0.05) is 11.6 Å². The molecular weight excluding hydrogens is 580 g/mol. The van der Waals surface area contributed by atoms with Crippen LogP contribution in [0.3, 0.4) is 0 Å². The molecule has 4 aromatic rings. The van der Waals surface area contributed by atoms with Gasteiger partial charge in [-0.2, -0.15) is 0 Å². The van der Waals surface area contributed by atoms with Crippen molar-refractivity contribution in [3.63, 3.8) is 0 Å². The first-order valence-corrected chi connectivity index (χ1v) is 14.9. The lowest BCUT2D eigenvalue weighted by Crippen LogP contribution is -2.40. The third-order valence-electron chi connectivity index (χ3n) is 7.21. The van der Waals surface area contributed by atoms with Gasteiger partial charge in [-0.15, -0.1) is 0 Å². The van der Waals surface area contributed by atoms with Crippen LogP contribution in [0.2, 0.25) is 0 Å². The van der Waals surface area contributed by atoms with Crippen molar-refractivity contribution in [3.05, 3.63) is 114 Å². The summed E-state index contributed by atoms with van der Waals surface area (Å²) in [6, 6.07) is 18.1. The van der Waals surface area contributed by atoms with E-state index in [9.17, 15) is 9.59 Å². The third-order valence-corrected chi connectivity index (χ3v) is 8.20. The van der Waals surface area contributed by atoms with Gasteiger partial charge < -0.3 is 23.7 Å². The molecule has 2 heterocycles. The van der Waals surface area contributed by atoms with Crippen molar-refractivity contribution in [3.8, 4) is 23.0 Å². The summed E-state index contributed by atoms with van der Waals surface area (Å²) in [4.78, 5) is 32.4. The molecule has 0 aliphatic carbocycles. The lowest BCUT2D eigenvalue weighted by atomic mass is 9.95. The van der Waals surface area contributed by atoms with Crippen LogP contribution < -0.4 is 33.8 Å². The number of thiazole rings is 1. The number of allylic oxidation sites excluding steroid dienone is 1. The van der Waals surface area contributed by atoms with Crippen molar-refractivity contribution in [2.24, 2.45) is 4.99 Å². The molecule has 1 aliphatic rings. The normalized spacial score (nSPS) is 14.5. The fraction of sp³-hybridized carbons (Fsp3) is 0.265. The Hall–Kier alpha value is -4.83. The zero-order valence-electron chi connectivity index (χ0n) is 25.5. The Labute approximate surface area is 259 Å². The van der Waals surface area contributed by atoms with E-state index in [2.05, 4.69) is 11.1 Å². The molecule has 3 aromatic carbocycles. The van der Waals surface area contributed by atoms with E-state index < -0.39 is 12.0 Å². The molecule has 0 saturated heterocycles. The van der Waals surface area contributed by atoms with Crippen LogP contribution in [0, 0.1) is 6.92 Å². The number of carbonyl (C=O) groups is 1. The maximum Gasteiger partial charge on any atom is 0.338 e. The smallest absolute Gasteiger partial charge is 0.338 e. The van der Waals surface area contributed by atoms with Crippen LogP contribution >= 0.6 is 11.3 Å². The second-order valence-corrected chi connectivity index (χ2v) is 11.1. The van der Waals surface area contributed by atoms with Gasteiger partial charge in [-0.1, -0.05) is 47.2 Å². The van der Waals surface area contributed by atoms with Crippen LogP contribution in [0.25, 0.3) is 6.08 Å². The Kier molecular flexibility index (Phi) is 9.20. The first kappa shape index (κ1) is 30.6. The molecule has 0 fully saturated rings. The SMILES string of the molecule is CCOC(=O)C1=C(C)N=c2sc(=Cc3ccc(OCc4cccc(C)c4)c(OC)c3)c(=O)n2C1c1ccc(OC)cc1OC. The number of hydrogen-bond donors (Lipinski definition) is 0. The van der Waals surface area contributed by atoms with E-state index in [-0.39, 0.29) is 17.7 Å². The zero-order valence-corrected chi connectivity index (χ0v) is 26.3. The van der Waals surface area contributed by atoms with Crippen molar-refractivity contribution < 1.29 is 28.5 Å². The highest BCUT2D eigenvalue weighted by Crippen LogP contribution is 2.37. The van der Waals surface area contributed by atoms with Gasteiger partial charge in [0.25, 0.3) is 5.56 Å². The molecule has 0 amide bonds. The topological polar surface area (TPSA) is 97.6 Å². The van der Waals surface area contributed by atoms with Gasteiger partial charge in [-0.3, -0.25) is 9.36 Å². The van der Waals surface area contributed by atoms with Gasteiger partial charge in [0.05, 0.1) is 43.7 Å². The summed E-state index contributed by atoms with van der Waals surface area (Å²) in [5.41, 5.74) is 4.00. The molecule has 1 aromatic heterocycles. The van der Waals surface area contributed by atoms with Crippen molar-refractivity contribution in [2.75, 3.05) is 27.9 Å². The number of aromatic nitrogens is 1. The Bertz CT molecular complexity index is 1920. The number of rotatable bonds is 10. The Balaban J connectivity index is 1.58. The molecule has 0 bridgehead atoms. The highest BCUT2D eigenvalue weighted by atomic mass is 32.1. The summed E-state index contributed by atoms with van der Waals surface area (Å²) >= 11 is 1.24. The van der Waals surface area contributed by atoms with Crippen molar-refractivity contribution >= 4 is 23.4 Å². The lowest BCUT2D eigenvalue weighted by molar-refractivity contribution is -0.139. The minimum Gasteiger partial charge on any atom is -0.497 e. The predicted molar refractivity (Wildman–Crippen MR) is 168 cm³/mol. The van der Waals surface area contributed by atoms with Gasteiger partial charge in [0.15, 0.2) is 16.3 Å². The maximum absolute atomic E-state index is 14.1. The molecule has 0 radical (unpaired) electrons. The summed E-state index contributed by atoms with van der Waals surface area (Å²) < 4.78 is 30.1. The summed E-state index contributed by atoms with van der Waals surface area (Å²) in [5.74, 6) is 1.63. The molecule has 9 nitrogen and oxygen atoms in total. The maximum atomic E-state index is 14.1. The van der Waals surface area contributed by atoms with Gasteiger partial charge >= 0.3 is 5.97 Å². The van der Waals surface area contributed by atoms with Crippen molar-refractivity contribution in [1.82, 2.24) is 4.57 Å². The first-order valence-electron chi connectivity index (χ1n) is 14.1. The number of benzene rings is 3. The van der Waals surface area contributed by atoms with Crippen molar-refractivity contribution in [2.45, 2.75) is 33.4 Å². The van der Waals surface area contributed by atoms with E-state index in [1.54, 1.807) is 52.3 Å². The summed E-state index contributed by atoms with van der Waals surface area (Å²) in [5, 5.41) is 0. The molecular formula is C34H34N2O7S. The van der Waals surface area contributed by atoms with Gasteiger partial charge in [0.1, 0.15) is 24.1 Å². The molecule has 0 spiro atoms. The summed E-state index contributed by atoms with van der Waals surface area (Å²) in [6.07, 6.45) is 1.78. The average Bonchev–Trinajstić information content (AvgIpc) is 3.33. The van der Waals surface area contributed by atoms with E-state index in [1.807, 2.05) is 43.3 Å². The number of hydrogen-bond acceptors (Lipinski definition) is 9. The van der Waals surface area contributed by atoms with Crippen LogP contribution in [-0.2, 0) is 16.1 Å². The summed E-state index contributed by atoms with van der Waals surface area (Å²) in [7, 11) is 4.67. The number of methoxy groups -OCH3 is 3. The lowest BCUT2D eigenvalue weighted by Gasteiger charge is -2.26. The second-order valence-electron chi connectivity index (χ2n) is 10.1. The fourth-order valence-corrected chi connectivity index (χ4v) is 6.18. The standard InChI is InChI=1S/C34H34N2O7S/c1-7-42-33(38)30-21(3)35-34-36(31(30)25-13-12-24(39-4)18-27(25)40-5)32(37)29(44-34)17-22-11-14-26(28(16-22)41-6)43-19-23-10-8-9-20(2)15-23/h8-18,31H,7,19H2,1-6H3. The van der Waals surface area contributed by atoms with Gasteiger partial charge in [-0.25, -0.2) is 9.79 Å². The molecule has 0 N–H and O–H groups in total. The van der Waals surface area contributed by atoms with Crippen molar-refractivity contribution in [1.29, 1.82) is 0 Å². The number of fused-ring (bicyclic) bond motifs is 1. The number of nitrogens with zero attached hydrogens (tertiary/aromatic N) is 2. The molecule has 44 heavy (non-hydrogen) atoms. The molecule has 1 aliphatic heterocycles. The monoisotopic (exact) mass is 614 g/mol. The van der Waals surface area contributed by atoms with E-state index >= 15 is 0 Å². The van der Waals surface area contributed by atoms with E-state index in [1.165, 1.54) is 23.0 Å². The average molecular weight is 615 g/mol. The number of aryl methyl sites for hydroxylation is 1. The van der Waals surface area contributed by atoms with Crippen LogP contribution in [0.15, 0.2) is 81.7 Å². The molecule has 1 unspecified atom stereocenters. The Morgan fingerprint density at radius 2 is 1.75 bits per heavy atom. The van der Waals surface area contributed by atoms with Gasteiger partial charge in [0.2, 0.25) is 0 Å². The van der Waals surface area contributed by atoms with Crippen LogP contribution in [0.4, 0.5) is 0 Å². The quantitative estimate of drug-likeness (QED) is 0.239. The fourth-order valence-electron chi connectivity index (χ4n) is 5.14. The molecule has 228 valence electrons. The molecule has 0 saturated carbocycles. The number of ether oxygens (including phenoxy) is 5. The van der Waals surface area contributed by atoms with E-state index in [0.29, 0.717) is 50.2 Å². The van der Waals surface area contributed by atoms with E-state index in [4.69, 9.17) is 23.7 Å². The van der Waals surface area contributed by atoms with Crippen LogP contribution in [0.1, 0.15) is 42.1 Å². The minimum absolute atomic E-state index is 0.180. The number of carbonyl (C=O) groups excluding carboxylic acids is 1. The Morgan fingerprint density at radius 1 is 0.955 bits per heavy atom. The number of esters is 1. The second kappa shape index (κ2) is 13.2. The highest BCUT2D eigenvalue weighted by Gasteiger charge is 2.35. The minimum atomic E-state index is -0.819. The van der Waals surface area contributed by atoms with Gasteiger partial charge in [-0.05, 0) is 62.2 Å². The molecule has 1 atom stereocenters. The van der Waals surface area contributed by atoms with E-state index in [0.717, 1.165) is 16.7 Å². The first-order chi connectivity index (χ1) is 21.3. The Morgan fingerprint density at radius 3 is 2.45 bits per heavy atom.